The van der Waals surface area contributed by atoms with Crippen molar-refractivity contribution < 1.29 is 4.79 Å². The van der Waals surface area contributed by atoms with Crippen LogP contribution in [0.5, 0.6) is 0 Å². The van der Waals surface area contributed by atoms with Crippen LogP contribution >= 0.6 is 22.6 Å². The fourth-order valence-electron chi connectivity index (χ4n) is 1.26. The molecule has 4 heteroatoms. The second-order valence-corrected chi connectivity index (χ2v) is 4.63. The van der Waals surface area contributed by atoms with E-state index in [1.54, 1.807) is 0 Å². The van der Waals surface area contributed by atoms with Gasteiger partial charge in [0, 0.05) is 9.26 Å². The first-order chi connectivity index (χ1) is 7.04. The predicted octanol–water partition coefficient (Wildman–Crippen LogP) is 2.28. The number of rotatable bonds is 4. The van der Waals surface area contributed by atoms with Gasteiger partial charge in [-0.2, -0.15) is 0 Å². The minimum atomic E-state index is -0.312. The highest BCUT2D eigenvalue weighted by Gasteiger charge is 2.12. The molecule has 1 atom stereocenters. The van der Waals surface area contributed by atoms with Crippen LogP contribution in [0.1, 0.15) is 18.9 Å². The van der Waals surface area contributed by atoms with E-state index in [9.17, 15) is 4.79 Å². The number of nitrogens with one attached hydrogen (secondary N) is 1. The largest absolute Gasteiger partial charge is 0.374 e. The summed E-state index contributed by atoms with van der Waals surface area (Å²) in [5.74, 6) is -0.312. The first-order valence-electron chi connectivity index (χ1n) is 4.86. The van der Waals surface area contributed by atoms with E-state index in [1.165, 1.54) is 9.13 Å². The van der Waals surface area contributed by atoms with E-state index in [1.807, 2.05) is 25.1 Å². The lowest BCUT2D eigenvalue weighted by Gasteiger charge is -2.15. The van der Waals surface area contributed by atoms with Crippen molar-refractivity contribution in [1.29, 1.82) is 0 Å². The molecule has 0 bridgehead atoms. The molecule has 3 N–H and O–H groups in total. The van der Waals surface area contributed by atoms with Crippen molar-refractivity contribution in [3.8, 4) is 0 Å². The molecule has 1 rings (SSSR count). The second-order valence-electron chi connectivity index (χ2n) is 3.47. The van der Waals surface area contributed by atoms with Crippen molar-refractivity contribution >= 4 is 34.2 Å². The van der Waals surface area contributed by atoms with Gasteiger partial charge in [0.15, 0.2) is 0 Å². The number of benzene rings is 1. The number of carbonyl (C=O) groups is 1. The molecule has 0 unspecified atom stereocenters. The van der Waals surface area contributed by atoms with Gasteiger partial charge in [-0.3, -0.25) is 4.79 Å². The number of carbonyl (C=O) groups excluding carboxylic acids is 1. The van der Waals surface area contributed by atoms with E-state index < -0.39 is 0 Å². The molecule has 1 aromatic rings. The van der Waals surface area contributed by atoms with E-state index in [0.717, 1.165) is 5.69 Å². The lowest BCUT2D eigenvalue weighted by Crippen LogP contribution is -2.34. The highest BCUT2D eigenvalue weighted by molar-refractivity contribution is 14.1. The smallest absolute Gasteiger partial charge is 0.239 e. The molecule has 0 heterocycles. The Morgan fingerprint density at radius 1 is 1.60 bits per heavy atom. The Hall–Kier alpha value is -0.780. The number of anilines is 1. The van der Waals surface area contributed by atoms with Crippen molar-refractivity contribution in [3.63, 3.8) is 0 Å². The summed E-state index contributed by atoms with van der Waals surface area (Å²) in [6.45, 7) is 3.98. The summed E-state index contributed by atoms with van der Waals surface area (Å²) in [4.78, 5) is 11.0. The number of nitrogens with two attached hydrogens (primary N) is 1. The van der Waals surface area contributed by atoms with Gasteiger partial charge in [0.05, 0.1) is 0 Å². The molecule has 0 radical (unpaired) electrons. The van der Waals surface area contributed by atoms with Crippen LogP contribution in [0.15, 0.2) is 18.2 Å². The van der Waals surface area contributed by atoms with Crippen molar-refractivity contribution in [3.05, 3.63) is 27.3 Å². The monoisotopic (exact) mass is 318 g/mol. The number of aryl methyl sites for hydroxylation is 1. The fourth-order valence-corrected chi connectivity index (χ4v) is 1.77. The maximum Gasteiger partial charge on any atom is 0.239 e. The standard InChI is InChI=1S/C11H15IN2O/c1-3-10(11(13)15)14-8-5-4-7(2)9(12)6-8/h4-6,10,14H,3H2,1-2H3,(H2,13,15)/t10-/m0/s1. The first kappa shape index (κ1) is 12.3. The lowest BCUT2D eigenvalue weighted by molar-refractivity contribution is -0.118. The van der Waals surface area contributed by atoms with Gasteiger partial charge in [0.25, 0.3) is 0 Å². The topological polar surface area (TPSA) is 55.1 Å². The number of amides is 1. The Labute approximate surface area is 104 Å². The van der Waals surface area contributed by atoms with Gasteiger partial charge in [0.2, 0.25) is 5.91 Å². The Morgan fingerprint density at radius 2 is 2.27 bits per heavy atom. The predicted molar refractivity (Wildman–Crippen MR) is 70.8 cm³/mol. The van der Waals surface area contributed by atoms with Gasteiger partial charge in [-0.15, -0.1) is 0 Å². The molecule has 1 amide bonds. The Balaban J connectivity index is 2.80. The molecule has 0 aliphatic carbocycles. The average Bonchev–Trinajstić information content (AvgIpc) is 2.19. The molecule has 0 spiro atoms. The van der Waals surface area contributed by atoms with Gasteiger partial charge < -0.3 is 11.1 Å². The third-order valence-corrected chi connectivity index (χ3v) is 3.43. The zero-order chi connectivity index (χ0) is 11.4. The van der Waals surface area contributed by atoms with Gasteiger partial charge >= 0.3 is 0 Å². The molecule has 3 nitrogen and oxygen atoms in total. The minimum Gasteiger partial charge on any atom is -0.374 e. The summed E-state index contributed by atoms with van der Waals surface area (Å²) in [6, 6.07) is 5.71. The maximum atomic E-state index is 11.0. The number of hydrogen-bond acceptors (Lipinski definition) is 2. The van der Waals surface area contributed by atoms with E-state index in [0.29, 0.717) is 6.42 Å². The van der Waals surface area contributed by atoms with Crippen LogP contribution in [-0.4, -0.2) is 11.9 Å². The summed E-state index contributed by atoms with van der Waals surface area (Å²) in [5, 5.41) is 3.12. The van der Waals surface area contributed by atoms with Gasteiger partial charge in [-0.1, -0.05) is 13.0 Å². The molecule has 82 valence electrons. The van der Waals surface area contributed by atoms with Gasteiger partial charge in [0.1, 0.15) is 6.04 Å². The molecule has 0 aliphatic rings. The van der Waals surface area contributed by atoms with Crippen LogP contribution in [0, 0.1) is 10.5 Å². The highest BCUT2D eigenvalue weighted by atomic mass is 127. The SMILES string of the molecule is CC[C@H](Nc1ccc(C)c(I)c1)C(N)=O. The van der Waals surface area contributed by atoms with Crippen molar-refractivity contribution in [1.82, 2.24) is 0 Å². The molecule has 0 saturated carbocycles. The van der Waals surface area contributed by atoms with Crippen LogP contribution in [0.2, 0.25) is 0 Å². The third kappa shape index (κ3) is 3.37. The molecule has 0 fully saturated rings. The molecule has 15 heavy (non-hydrogen) atoms. The van der Waals surface area contributed by atoms with Crippen LogP contribution in [0.3, 0.4) is 0 Å². The normalized spacial score (nSPS) is 12.2. The average molecular weight is 318 g/mol. The highest BCUT2D eigenvalue weighted by Crippen LogP contribution is 2.18. The van der Waals surface area contributed by atoms with E-state index in [2.05, 4.69) is 34.8 Å². The Morgan fingerprint density at radius 3 is 2.73 bits per heavy atom. The maximum absolute atomic E-state index is 11.0. The lowest BCUT2D eigenvalue weighted by atomic mass is 10.2. The van der Waals surface area contributed by atoms with Crippen molar-refractivity contribution in [2.75, 3.05) is 5.32 Å². The van der Waals surface area contributed by atoms with Crippen molar-refractivity contribution in [2.45, 2.75) is 26.3 Å². The van der Waals surface area contributed by atoms with Crippen LogP contribution in [-0.2, 0) is 4.79 Å². The van der Waals surface area contributed by atoms with E-state index >= 15 is 0 Å². The molecular weight excluding hydrogens is 303 g/mol. The molecule has 0 saturated heterocycles. The minimum absolute atomic E-state index is 0.288. The molecule has 0 aromatic heterocycles. The van der Waals surface area contributed by atoms with Crippen LogP contribution < -0.4 is 11.1 Å². The summed E-state index contributed by atoms with van der Waals surface area (Å²) < 4.78 is 1.18. The Bertz CT molecular complexity index is 366. The first-order valence-corrected chi connectivity index (χ1v) is 5.94. The zero-order valence-corrected chi connectivity index (χ0v) is 11.0. The summed E-state index contributed by atoms with van der Waals surface area (Å²) in [5.41, 5.74) is 7.43. The van der Waals surface area contributed by atoms with Crippen LogP contribution in [0.25, 0.3) is 0 Å². The summed E-state index contributed by atoms with van der Waals surface area (Å²) >= 11 is 2.27. The van der Waals surface area contributed by atoms with Crippen molar-refractivity contribution in [2.24, 2.45) is 5.73 Å². The quantitative estimate of drug-likeness (QED) is 0.837. The number of primary amides is 1. The number of hydrogen-bond donors (Lipinski definition) is 2. The molecule has 0 aliphatic heterocycles. The number of halogens is 1. The summed E-state index contributed by atoms with van der Waals surface area (Å²) in [6.07, 6.45) is 0.694. The third-order valence-electron chi connectivity index (χ3n) is 2.26. The summed E-state index contributed by atoms with van der Waals surface area (Å²) in [7, 11) is 0. The van der Waals surface area contributed by atoms with Gasteiger partial charge in [-0.25, -0.2) is 0 Å². The van der Waals surface area contributed by atoms with Gasteiger partial charge in [-0.05, 0) is 53.6 Å². The van der Waals surface area contributed by atoms with E-state index in [-0.39, 0.29) is 11.9 Å². The fraction of sp³-hybridized carbons (Fsp3) is 0.364. The zero-order valence-electron chi connectivity index (χ0n) is 8.88. The second kappa shape index (κ2) is 5.34. The Kier molecular flexibility index (Phi) is 4.38. The van der Waals surface area contributed by atoms with E-state index in [4.69, 9.17) is 5.73 Å². The van der Waals surface area contributed by atoms with Crippen LogP contribution in [0.4, 0.5) is 5.69 Å². The molecule has 1 aromatic carbocycles. The molecular formula is C11H15IN2O.